The summed E-state index contributed by atoms with van der Waals surface area (Å²) in [5, 5.41) is 0.420. The zero-order valence-corrected chi connectivity index (χ0v) is 20.5. The predicted octanol–water partition coefficient (Wildman–Crippen LogP) is 3.98. The van der Waals surface area contributed by atoms with Crippen LogP contribution in [0.3, 0.4) is 0 Å². The van der Waals surface area contributed by atoms with Crippen molar-refractivity contribution in [1.29, 1.82) is 0 Å². The van der Waals surface area contributed by atoms with Crippen LogP contribution in [0.1, 0.15) is 31.9 Å². The van der Waals surface area contributed by atoms with Crippen molar-refractivity contribution in [2.75, 3.05) is 26.8 Å². The molecule has 0 bridgehead atoms. The summed E-state index contributed by atoms with van der Waals surface area (Å²) in [6, 6.07) is 12.7. The number of nitrogens with zero attached hydrogens (tertiary/aromatic N) is 2. The van der Waals surface area contributed by atoms with Gasteiger partial charge in [0.15, 0.2) is 5.43 Å². The number of methoxy groups -OCH3 is 1. The van der Waals surface area contributed by atoms with Gasteiger partial charge in [0, 0.05) is 25.6 Å². The number of amides is 2. The first-order valence-corrected chi connectivity index (χ1v) is 11.4. The van der Waals surface area contributed by atoms with Gasteiger partial charge in [0.1, 0.15) is 11.4 Å². The Labute approximate surface area is 204 Å². The third kappa shape index (κ3) is 6.76. The second-order valence-corrected chi connectivity index (χ2v) is 9.43. The molecule has 0 aliphatic heterocycles. The summed E-state index contributed by atoms with van der Waals surface area (Å²) >= 11 is 0. The van der Waals surface area contributed by atoms with Crippen molar-refractivity contribution < 1.29 is 23.1 Å². The third-order valence-electron chi connectivity index (χ3n) is 5.57. The summed E-state index contributed by atoms with van der Waals surface area (Å²) in [4.78, 5) is 42.5. The van der Waals surface area contributed by atoms with E-state index in [0.717, 1.165) is 0 Å². The number of hydrogen-bond donors (Lipinski definition) is 0. The van der Waals surface area contributed by atoms with Crippen LogP contribution in [0.2, 0.25) is 0 Å². The summed E-state index contributed by atoms with van der Waals surface area (Å²) in [6.07, 6.45) is 1.36. The second kappa shape index (κ2) is 11.3. The number of carbonyl (C=O) groups is 2. The minimum Gasteiger partial charge on any atom is -0.464 e. The highest BCUT2D eigenvalue weighted by Crippen LogP contribution is 2.19. The van der Waals surface area contributed by atoms with Crippen LogP contribution in [-0.4, -0.2) is 48.4 Å². The molecule has 0 N–H and O–H groups in total. The Bertz CT molecular complexity index is 1230. The number of halogens is 1. The quantitative estimate of drug-likeness (QED) is 0.461. The maximum Gasteiger partial charge on any atom is 0.242 e. The van der Waals surface area contributed by atoms with Gasteiger partial charge in [0.2, 0.25) is 11.8 Å². The maximum absolute atomic E-state index is 13.5. The molecule has 3 aromatic rings. The lowest BCUT2D eigenvalue weighted by Crippen LogP contribution is -2.47. The second-order valence-electron chi connectivity index (χ2n) is 9.43. The first kappa shape index (κ1) is 26.1. The lowest BCUT2D eigenvalue weighted by atomic mass is 9.94. The van der Waals surface area contributed by atoms with Crippen molar-refractivity contribution in [3.63, 3.8) is 0 Å². The Morgan fingerprint density at radius 1 is 1.00 bits per heavy atom. The van der Waals surface area contributed by atoms with Crippen LogP contribution in [0.4, 0.5) is 4.39 Å². The highest BCUT2D eigenvalue weighted by atomic mass is 19.1. The molecule has 2 amide bonds. The summed E-state index contributed by atoms with van der Waals surface area (Å²) < 4.78 is 24.2. The minimum absolute atomic E-state index is 0.0226. The Morgan fingerprint density at radius 2 is 1.69 bits per heavy atom. The van der Waals surface area contributed by atoms with E-state index in [1.165, 1.54) is 35.3 Å². The Hall–Kier alpha value is -3.52. The smallest absolute Gasteiger partial charge is 0.242 e. The molecule has 0 aliphatic rings. The first-order chi connectivity index (χ1) is 16.6. The van der Waals surface area contributed by atoms with Crippen molar-refractivity contribution in [3.8, 4) is 0 Å². The molecule has 186 valence electrons. The van der Waals surface area contributed by atoms with E-state index in [1.54, 1.807) is 57.2 Å². The third-order valence-corrected chi connectivity index (χ3v) is 5.57. The Morgan fingerprint density at radius 3 is 2.34 bits per heavy atom. The van der Waals surface area contributed by atoms with Crippen molar-refractivity contribution in [2.45, 2.75) is 33.9 Å². The molecule has 0 aliphatic carbocycles. The molecule has 35 heavy (non-hydrogen) atoms. The summed E-state index contributed by atoms with van der Waals surface area (Å²) in [5.41, 5.74) is 0.542. The number of fused-ring (bicyclic) bond motifs is 1. The van der Waals surface area contributed by atoms with Crippen LogP contribution >= 0.6 is 0 Å². The molecule has 0 fully saturated rings. The number of rotatable bonds is 9. The topological polar surface area (TPSA) is 80.1 Å². The fraction of sp³-hybridized carbons (Fsp3) is 0.370. The Balaban J connectivity index is 1.92. The van der Waals surface area contributed by atoms with E-state index in [-0.39, 0.29) is 55.8 Å². The van der Waals surface area contributed by atoms with E-state index < -0.39 is 5.41 Å². The molecular weight excluding hydrogens is 451 g/mol. The molecule has 2 aromatic carbocycles. The van der Waals surface area contributed by atoms with E-state index >= 15 is 0 Å². The average Bonchev–Trinajstić information content (AvgIpc) is 2.83. The molecule has 1 aromatic heterocycles. The van der Waals surface area contributed by atoms with E-state index in [2.05, 4.69) is 0 Å². The monoisotopic (exact) mass is 482 g/mol. The molecule has 0 radical (unpaired) electrons. The van der Waals surface area contributed by atoms with Crippen molar-refractivity contribution in [3.05, 3.63) is 82.0 Å². The predicted molar refractivity (Wildman–Crippen MR) is 131 cm³/mol. The van der Waals surface area contributed by atoms with Gasteiger partial charge in [-0.3, -0.25) is 14.4 Å². The van der Waals surface area contributed by atoms with E-state index in [4.69, 9.17) is 9.15 Å². The molecular formula is C27H31FN2O5. The summed E-state index contributed by atoms with van der Waals surface area (Å²) in [7, 11) is 1.53. The number of ether oxygens (including phenoxy) is 1. The summed E-state index contributed by atoms with van der Waals surface area (Å²) in [6.45, 7) is 5.82. The van der Waals surface area contributed by atoms with Crippen LogP contribution in [0, 0.1) is 11.2 Å². The molecule has 1 heterocycles. The summed E-state index contributed by atoms with van der Waals surface area (Å²) in [5.74, 6) is -0.922. The number of para-hydroxylation sites is 1. The maximum atomic E-state index is 13.5. The molecule has 0 atom stereocenters. The normalized spacial score (nSPS) is 11.5. The van der Waals surface area contributed by atoms with Gasteiger partial charge < -0.3 is 19.0 Å². The van der Waals surface area contributed by atoms with Crippen LogP contribution in [-0.2, 0) is 27.4 Å². The zero-order chi connectivity index (χ0) is 25.6. The van der Waals surface area contributed by atoms with Gasteiger partial charge in [-0.25, -0.2) is 4.39 Å². The SMILES string of the molecule is COCCN(CC(=O)N(Cc1ccc(F)cc1)Cc1coc2ccccc2c1=O)C(=O)C(C)(C)C. The fourth-order valence-corrected chi connectivity index (χ4v) is 3.67. The molecule has 0 unspecified atom stereocenters. The van der Waals surface area contributed by atoms with E-state index in [9.17, 15) is 18.8 Å². The highest BCUT2D eigenvalue weighted by molar-refractivity contribution is 5.87. The minimum atomic E-state index is -0.685. The van der Waals surface area contributed by atoms with E-state index in [1.807, 2.05) is 0 Å². The van der Waals surface area contributed by atoms with Crippen LogP contribution in [0.15, 0.2) is 64.0 Å². The average molecular weight is 483 g/mol. The van der Waals surface area contributed by atoms with Gasteiger partial charge >= 0.3 is 0 Å². The lowest BCUT2D eigenvalue weighted by molar-refractivity contribution is -0.146. The van der Waals surface area contributed by atoms with Gasteiger partial charge in [-0.2, -0.15) is 0 Å². The largest absolute Gasteiger partial charge is 0.464 e. The number of benzene rings is 2. The van der Waals surface area contributed by atoms with Crippen molar-refractivity contribution in [1.82, 2.24) is 9.80 Å². The van der Waals surface area contributed by atoms with E-state index in [0.29, 0.717) is 22.1 Å². The van der Waals surface area contributed by atoms with Crippen LogP contribution in [0.5, 0.6) is 0 Å². The standard InChI is InChI=1S/C27H31FN2O5/c1-27(2,3)26(33)29(13-14-34-4)17-24(31)30(15-19-9-11-21(28)12-10-19)16-20-18-35-23-8-6-5-7-22(23)25(20)32/h5-12,18H,13-17H2,1-4H3. The molecule has 3 rings (SSSR count). The molecule has 0 spiro atoms. The first-order valence-electron chi connectivity index (χ1n) is 11.4. The fourth-order valence-electron chi connectivity index (χ4n) is 3.67. The van der Waals surface area contributed by atoms with Gasteiger partial charge in [-0.1, -0.05) is 45.0 Å². The highest BCUT2D eigenvalue weighted by Gasteiger charge is 2.30. The van der Waals surface area contributed by atoms with Crippen LogP contribution < -0.4 is 5.43 Å². The van der Waals surface area contributed by atoms with Crippen LogP contribution in [0.25, 0.3) is 11.0 Å². The molecule has 0 saturated carbocycles. The number of carbonyl (C=O) groups excluding carboxylic acids is 2. The molecule has 0 saturated heterocycles. The zero-order valence-electron chi connectivity index (χ0n) is 20.5. The molecule has 8 heteroatoms. The van der Waals surface area contributed by atoms with Gasteiger partial charge in [-0.05, 0) is 29.8 Å². The van der Waals surface area contributed by atoms with Gasteiger partial charge in [-0.15, -0.1) is 0 Å². The van der Waals surface area contributed by atoms with Crippen molar-refractivity contribution >= 4 is 22.8 Å². The van der Waals surface area contributed by atoms with Crippen molar-refractivity contribution in [2.24, 2.45) is 5.41 Å². The van der Waals surface area contributed by atoms with Gasteiger partial charge in [0.25, 0.3) is 0 Å². The molecule has 7 nitrogen and oxygen atoms in total. The van der Waals surface area contributed by atoms with Gasteiger partial charge in [0.05, 0.1) is 36.9 Å². The number of hydrogen-bond acceptors (Lipinski definition) is 5. The Kier molecular flexibility index (Phi) is 8.40. The lowest BCUT2D eigenvalue weighted by Gasteiger charge is -2.31.